The van der Waals surface area contributed by atoms with Crippen LogP contribution in [0.4, 0.5) is 0 Å². The number of Topliss-reactive ketones (excluding diaryl/α,β-unsaturated/α-hetero) is 1. The average molecular weight is 510 g/mol. The Morgan fingerprint density at radius 2 is 1.33 bits per heavy atom. The van der Waals surface area contributed by atoms with E-state index >= 15 is 0 Å². The van der Waals surface area contributed by atoms with Crippen molar-refractivity contribution in [3.8, 4) is 0 Å². The third-order valence-corrected chi connectivity index (χ3v) is 7.42. The molecule has 0 amide bonds. The lowest BCUT2D eigenvalue weighted by molar-refractivity contribution is -0.139. The maximum absolute atomic E-state index is 13.9. The zero-order valence-electron chi connectivity index (χ0n) is 21.4. The van der Waals surface area contributed by atoms with Crippen LogP contribution in [0.2, 0.25) is 0 Å². The van der Waals surface area contributed by atoms with E-state index in [4.69, 9.17) is 9.73 Å². The van der Waals surface area contributed by atoms with Crippen molar-refractivity contribution in [2.45, 2.75) is 24.3 Å². The van der Waals surface area contributed by atoms with Crippen LogP contribution in [0.1, 0.15) is 39.4 Å². The molecule has 0 bridgehead atoms. The summed E-state index contributed by atoms with van der Waals surface area (Å²) in [4.78, 5) is 32.9. The topological polar surface area (TPSA) is 55.7 Å². The molecule has 1 heterocycles. The largest absolute Gasteiger partial charge is 0.405 e. The molecule has 4 heteroatoms. The fraction of sp³-hybridized carbons (Fsp3) is 0.114. The summed E-state index contributed by atoms with van der Waals surface area (Å²) < 4.78 is 5.88. The average Bonchev–Trinajstić information content (AvgIpc) is 3.33. The molecule has 0 saturated heterocycles. The van der Waals surface area contributed by atoms with Crippen molar-refractivity contribution in [3.63, 3.8) is 0 Å². The lowest BCUT2D eigenvalue weighted by Gasteiger charge is -2.32. The van der Waals surface area contributed by atoms with Gasteiger partial charge in [-0.3, -0.25) is 4.79 Å². The van der Waals surface area contributed by atoms with Crippen molar-refractivity contribution in [1.82, 2.24) is 0 Å². The smallest absolute Gasteiger partial charge is 0.341 e. The number of ketones is 1. The van der Waals surface area contributed by atoms with Gasteiger partial charge < -0.3 is 4.74 Å². The Morgan fingerprint density at radius 1 is 0.718 bits per heavy atom. The van der Waals surface area contributed by atoms with Crippen LogP contribution in [0.25, 0.3) is 10.8 Å². The van der Waals surface area contributed by atoms with E-state index in [2.05, 4.69) is 0 Å². The molecule has 39 heavy (non-hydrogen) atoms. The van der Waals surface area contributed by atoms with Gasteiger partial charge in [0.2, 0.25) is 5.90 Å². The number of esters is 1. The SMILES string of the molecule is O=C(C[C@H](c1ccccc1)[C@@]1(Cc2ccccc2)N=C(c2ccccc2)OC1=O)c1ccc2ccccc2c1. The van der Waals surface area contributed by atoms with E-state index in [1.54, 1.807) is 0 Å². The fourth-order valence-corrected chi connectivity index (χ4v) is 5.41. The number of fused-ring (bicyclic) bond motifs is 1. The Kier molecular flexibility index (Phi) is 6.60. The standard InChI is InChI=1S/C35H27NO3/c37-32(30-21-20-26-14-10-11-19-29(26)22-30)23-31(27-15-6-2-7-16-27)35(24-25-12-4-1-5-13-25)34(38)39-33(36-35)28-17-8-3-9-18-28/h1-22,31H,23-24H2/t31-,35-/m1/s1. The highest BCUT2D eigenvalue weighted by atomic mass is 16.6. The maximum Gasteiger partial charge on any atom is 0.341 e. The summed E-state index contributed by atoms with van der Waals surface area (Å²) >= 11 is 0. The van der Waals surface area contributed by atoms with Crippen LogP contribution < -0.4 is 0 Å². The lowest BCUT2D eigenvalue weighted by Crippen LogP contribution is -2.43. The van der Waals surface area contributed by atoms with Gasteiger partial charge in [-0.1, -0.05) is 115 Å². The number of rotatable bonds is 8. The monoisotopic (exact) mass is 509 g/mol. The van der Waals surface area contributed by atoms with Gasteiger partial charge in [-0.05, 0) is 40.1 Å². The van der Waals surface area contributed by atoms with Crippen LogP contribution >= 0.6 is 0 Å². The third-order valence-electron chi connectivity index (χ3n) is 7.42. The number of carbonyl (C=O) groups is 2. The van der Waals surface area contributed by atoms with Gasteiger partial charge in [-0.25, -0.2) is 9.79 Å². The van der Waals surface area contributed by atoms with E-state index in [0.717, 1.165) is 27.5 Å². The second-order valence-corrected chi connectivity index (χ2v) is 9.91. The van der Waals surface area contributed by atoms with Crippen molar-refractivity contribution in [3.05, 3.63) is 156 Å². The van der Waals surface area contributed by atoms with E-state index in [1.807, 2.05) is 133 Å². The summed E-state index contributed by atoms with van der Waals surface area (Å²) in [7, 11) is 0. The number of hydrogen-bond donors (Lipinski definition) is 0. The molecule has 4 nitrogen and oxygen atoms in total. The first-order chi connectivity index (χ1) is 19.1. The number of benzene rings is 5. The van der Waals surface area contributed by atoms with Gasteiger partial charge in [-0.15, -0.1) is 0 Å². The van der Waals surface area contributed by atoms with E-state index < -0.39 is 17.4 Å². The number of aliphatic imine (C=N–C) groups is 1. The Bertz CT molecular complexity index is 1660. The van der Waals surface area contributed by atoms with Gasteiger partial charge >= 0.3 is 5.97 Å². The van der Waals surface area contributed by atoms with Gasteiger partial charge in [0.15, 0.2) is 11.3 Å². The van der Waals surface area contributed by atoms with Crippen LogP contribution in [-0.4, -0.2) is 23.2 Å². The molecule has 2 atom stereocenters. The number of nitrogens with zero attached hydrogens (tertiary/aromatic N) is 1. The van der Waals surface area contributed by atoms with Gasteiger partial charge in [0.25, 0.3) is 0 Å². The molecule has 1 aliphatic rings. The first-order valence-corrected chi connectivity index (χ1v) is 13.1. The van der Waals surface area contributed by atoms with E-state index in [1.165, 1.54) is 0 Å². The zero-order chi connectivity index (χ0) is 26.7. The molecule has 0 aliphatic carbocycles. The number of carbonyl (C=O) groups excluding carboxylic acids is 2. The van der Waals surface area contributed by atoms with Crippen molar-refractivity contribution < 1.29 is 14.3 Å². The first-order valence-electron chi connectivity index (χ1n) is 13.1. The second-order valence-electron chi connectivity index (χ2n) is 9.91. The molecular formula is C35H27NO3. The van der Waals surface area contributed by atoms with Crippen molar-refractivity contribution >= 4 is 28.4 Å². The van der Waals surface area contributed by atoms with E-state index in [-0.39, 0.29) is 18.1 Å². The van der Waals surface area contributed by atoms with E-state index in [0.29, 0.717) is 12.0 Å². The highest BCUT2D eigenvalue weighted by Gasteiger charge is 2.53. The molecule has 6 rings (SSSR count). The minimum absolute atomic E-state index is 0.0433. The highest BCUT2D eigenvalue weighted by molar-refractivity contribution is 6.09. The van der Waals surface area contributed by atoms with Crippen LogP contribution in [0.3, 0.4) is 0 Å². The number of cyclic esters (lactones) is 1. The van der Waals surface area contributed by atoms with Crippen molar-refractivity contribution in [2.75, 3.05) is 0 Å². The summed E-state index contributed by atoms with van der Waals surface area (Å²) in [6.45, 7) is 0. The molecule has 1 aliphatic heterocycles. The Hall–Kier alpha value is -4.83. The van der Waals surface area contributed by atoms with Crippen LogP contribution in [0.15, 0.2) is 138 Å². The van der Waals surface area contributed by atoms with Gasteiger partial charge in [0, 0.05) is 29.9 Å². The summed E-state index contributed by atoms with van der Waals surface area (Å²) in [5.74, 6) is -0.731. The quantitative estimate of drug-likeness (QED) is 0.164. The van der Waals surface area contributed by atoms with Crippen molar-refractivity contribution in [1.29, 1.82) is 0 Å². The number of ether oxygens (including phenoxy) is 1. The normalized spacial score (nSPS) is 17.4. The predicted octanol–water partition coefficient (Wildman–Crippen LogP) is 7.18. The third kappa shape index (κ3) is 4.89. The molecule has 0 radical (unpaired) electrons. The minimum Gasteiger partial charge on any atom is -0.405 e. The maximum atomic E-state index is 13.9. The van der Waals surface area contributed by atoms with Crippen LogP contribution in [-0.2, 0) is 16.0 Å². The highest BCUT2D eigenvalue weighted by Crippen LogP contribution is 2.43. The molecule has 0 fully saturated rings. The van der Waals surface area contributed by atoms with Crippen LogP contribution in [0, 0.1) is 0 Å². The molecule has 0 aromatic heterocycles. The second kappa shape index (κ2) is 10.5. The molecule has 0 saturated carbocycles. The molecule has 5 aromatic rings. The molecule has 0 unspecified atom stereocenters. The first kappa shape index (κ1) is 24.5. The number of hydrogen-bond acceptors (Lipinski definition) is 4. The lowest BCUT2D eigenvalue weighted by atomic mass is 9.73. The molecule has 0 N–H and O–H groups in total. The van der Waals surface area contributed by atoms with Gasteiger partial charge in [-0.2, -0.15) is 0 Å². The predicted molar refractivity (Wildman–Crippen MR) is 154 cm³/mol. The fourth-order valence-electron chi connectivity index (χ4n) is 5.41. The summed E-state index contributed by atoms with van der Waals surface area (Å²) in [5, 5.41) is 2.08. The Morgan fingerprint density at radius 3 is 2.05 bits per heavy atom. The summed E-state index contributed by atoms with van der Waals surface area (Å²) in [5.41, 5.74) is 1.86. The van der Waals surface area contributed by atoms with Crippen LogP contribution in [0.5, 0.6) is 0 Å². The Labute approximate surface area is 227 Å². The van der Waals surface area contributed by atoms with Gasteiger partial charge in [0.1, 0.15) is 0 Å². The van der Waals surface area contributed by atoms with Crippen molar-refractivity contribution in [2.24, 2.45) is 4.99 Å². The molecular weight excluding hydrogens is 482 g/mol. The minimum atomic E-state index is -1.31. The Balaban J connectivity index is 1.47. The van der Waals surface area contributed by atoms with Gasteiger partial charge in [0.05, 0.1) is 0 Å². The molecule has 0 spiro atoms. The summed E-state index contributed by atoms with van der Waals surface area (Å²) in [6.07, 6.45) is 0.420. The van der Waals surface area contributed by atoms with E-state index in [9.17, 15) is 9.59 Å². The summed E-state index contributed by atoms with van der Waals surface area (Å²) in [6, 6.07) is 42.7. The zero-order valence-corrected chi connectivity index (χ0v) is 21.4. The molecule has 190 valence electrons. The molecule has 5 aromatic carbocycles.